The molecule has 5 rings (SSSR count). The number of carbonyl (C=O) groups is 5. The Morgan fingerprint density at radius 3 is 2.48 bits per heavy atom. The van der Waals surface area contributed by atoms with Gasteiger partial charge < -0.3 is 25.4 Å². The molecule has 16 nitrogen and oxygen atoms in total. The summed E-state index contributed by atoms with van der Waals surface area (Å²) in [6.45, 7) is 8.94. The Balaban J connectivity index is 1.52. The van der Waals surface area contributed by atoms with E-state index in [0.717, 1.165) is 17.1 Å². The van der Waals surface area contributed by atoms with Crippen molar-refractivity contribution < 1.29 is 41.9 Å². The van der Waals surface area contributed by atoms with Crippen LogP contribution in [-0.4, -0.2) is 101 Å². The summed E-state index contributed by atoms with van der Waals surface area (Å²) in [5.41, 5.74) is 4.67. The number of hydrogen-bond acceptors (Lipinski definition) is 10. The summed E-state index contributed by atoms with van der Waals surface area (Å²) in [5, 5.41) is 2.73. The molecule has 2 fully saturated rings. The molecule has 2 aliphatic heterocycles. The first-order valence-corrected chi connectivity index (χ1v) is 19.9. The molecule has 0 spiro atoms. The second-order valence-electron chi connectivity index (χ2n) is 16.0. The quantitative estimate of drug-likeness (QED) is 0.333. The van der Waals surface area contributed by atoms with Crippen LogP contribution in [0.1, 0.15) is 102 Å². The van der Waals surface area contributed by atoms with Gasteiger partial charge in [0.2, 0.25) is 11.8 Å². The number of fused-ring (bicyclic) bond motifs is 3. The average molecular weight is 772 g/mol. The van der Waals surface area contributed by atoms with Gasteiger partial charge in [-0.15, -0.1) is 0 Å². The number of imidazole rings is 1. The van der Waals surface area contributed by atoms with E-state index in [9.17, 15) is 32.4 Å². The van der Waals surface area contributed by atoms with Crippen molar-refractivity contribution in [3.05, 3.63) is 35.9 Å². The van der Waals surface area contributed by atoms with Crippen molar-refractivity contribution in [2.24, 2.45) is 17.1 Å². The molecule has 1 aromatic heterocycles. The van der Waals surface area contributed by atoms with E-state index in [1.54, 1.807) is 43.5 Å². The second kappa shape index (κ2) is 15.7. The minimum atomic E-state index is -4.15. The predicted molar refractivity (Wildman–Crippen MR) is 199 cm³/mol. The highest BCUT2D eigenvalue weighted by Gasteiger charge is 2.61. The van der Waals surface area contributed by atoms with Crippen LogP contribution in [-0.2, 0) is 29.3 Å². The number of Topliss-reactive ketones (excluding diaryl/α,β-unsaturated/α-hetero) is 1. The Morgan fingerprint density at radius 2 is 1.83 bits per heavy atom. The zero-order valence-electron chi connectivity index (χ0n) is 32.1. The summed E-state index contributed by atoms with van der Waals surface area (Å²) in [6, 6.07) is 2.97. The van der Waals surface area contributed by atoms with Gasteiger partial charge in [-0.2, -0.15) is 17.7 Å². The van der Waals surface area contributed by atoms with Crippen LogP contribution in [0.4, 0.5) is 4.79 Å². The lowest BCUT2D eigenvalue weighted by molar-refractivity contribution is -0.140. The largest absolute Gasteiger partial charge is 0.459 e. The van der Waals surface area contributed by atoms with Gasteiger partial charge in [-0.05, 0) is 78.4 Å². The van der Waals surface area contributed by atoms with Crippen LogP contribution in [0.15, 0.2) is 30.4 Å². The van der Waals surface area contributed by atoms with E-state index in [1.165, 1.54) is 19.0 Å². The maximum absolute atomic E-state index is 14.5. The molecular formula is C37H53N7O9S. The van der Waals surface area contributed by atoms with Gasteiger partial charge >= 0.3 is 16.3 Å². The van der Waals surface area contributed by atoms with Crippen LogP contribution >= 0.6 is 0 Å². The topological polar surface area (TPSA) is 212 Å². The predicted octanol–water partition coefficient (Wildman–Crippen LogP) is 3.37. The zero-order valence-corrected chi connectivity index (χ0v) is 32.9. The van der Waals surface area contributed by atoms with Gasteiger partial charge in [0.1, 0.15) is 23.3 Å². The fraction of sp³-hybridized carbons (Fsp3) is 0.622. The van der Waals surface area contributed by atoms with Crippen LogP contribution in [0.25, 0.3) is 11.0 Å². The SMILES string of the molecule is CC(C)n1c(O[C@@H]2C[C@H]3C(=O)C[C@]4(C(=O)NS(=O)(=O)N(C)C)C[C@H]4/C=C\CCCCC[C@H](NC(=O)OC(C)(C)C)C(=O)N3C2)nc2c(C(N)=O)cccc21. The number of carbonyl (C=O) groups excluding carboxylic acids is 5. The third kappa shape index (κ3) is 8.88. The maximum Gasteiger partial charge on any atom is 0.408 e. The van der Waals surface area contributed by atoms with Crippen LogP contribution in [0.5, 0.6) is 6.01 Å². The lowest BCUT2D eigenvalue weighted by Crippen LogP contribution is -2.53. The number of aromatic nitrogens is 2. The first-order valence-electron chi connectivity index (χ1n) is 18.5. The minimum absolute atomic E-state index is 0.0297. The number of benzene rings is 1. The molecule has 296 valence electrons. The van der Waals surface area contributed by atoms with Gasteiger partial charge in [0, 0.05) is 33.0 Å². The first-order chi connectivity index (χ1) is 25.2. The van der Waals surface area contributed by atoms with E-state index in [4.69, 9.17) is 15.2 Å². The molecule has 5 atom stereocenters. The standard InChI is InChI=1S/C37H53N7O9S/c1-22(2)44-27-17-13-15-25(31(38)46)30(27)40-34(44)52-24-18-28-29(45)20-37(33(48)41-54(50,51)42(6)7)19-23(37)14-11-9-8-10-12-16-26(32(47)43(28)21-24)39-35(49)53-36(3,4)5/h11,13-15,17,22-24,26,28H,8-10,12,16,18-21H2,1-7H3,(H2,38,46)(H,39,49)(H,41,48)/b14-11-/t23-,24-,26+,28+,37-/m1/s1. The monoisotopic (exact) mass is 771 g/mol. The van der Waals surface area contributed by atoms with Crippen molar-refractivity contribution in [2.75, 3.05) is 20.6 Å². The summed E-state index contributed by atoms with van der Waals surface area (Å²) in [6.07, 6.45) is 5.36. The highest BCUT2D eigenvalue weighted by Crippen LogP contribution is 2.57. The first kappa shape index (κ1) is 40.7. The van der Waals surface area contributed by atoms with Crippen LogP contribution in [0, 0.1) is 11.3 Å². The molecular weight excluding hydrogens is 719 g/mol. The molecule has 1 saturated carbocycles. The molecule has 1 aliphatic carbocycles. The zero-order chi connectivity index (χ0) is 39.7. The van der Waals surface area contributed by atoms with Crippen LogP contribution in [0.2, 0.25) is 0 Å². The van der Waals surface area contributed by atoms with E-state index >= 15 is 0 Å². The van der Waals surface area contributed by atoms with Crippen LogP contribution in [0.3, 0.4) is 0 Å². The highest BCUT2D eigenvalue weighted by molar-refractivity contribution is 7.87. The van der Waals surface area contributed by atoms with Crippen molar-refractivity contribution in [1.82, 2.24) is 28.8 Å². The van der Waals surface area contributed by atoms with Crippen LogP contribution < -0.4 is 20.5 Å². The number of allylic oxidation sites excluding steroid dienone is 2. The molecule has 1 saturated heterocycles. The van der Waals surface area contributed by atoms with Gasteiger partial charge in [0.15, 0.2) is 5.78 Å². The van der Waals surface area contributed by atoms with Crippen molar-refractivity contribution >= 4 is 50.8 Å². The summed E-state index contributed by atoms with van der Waals surface area (Å²) in [7, 11) is -1.56. The van der Waals surface area contributed by atoms with E-state index in [-0.39, 0.29) is 49.3 Å². The number of alkyl carbamates (subject to hydrolysis) is 1. The average Bonchev–Trinajstić information content (AvgIpc) is 3.38. The molecule has 0 radical (unpaired) electrons. The normalized spacial score (nSPS) is 26.1. The Labute approximate surface area is 316 Å². The number of hydrogen-bond donors (Lipinski definition) is 3. The molecule has 54 heavy (non-hydrogen) atoms. The number of nitrogens with zero attached hydrogens (tertiary/aromatic N) is 4. The summed E-state index contributed by atoms with van der Waals surface area (Å²) >= 11 is 0. The second-order valence-corrected chi connectivity index (χ2v) is 17.9. The van der Waals surface area contributed by atoms with Crippen molar-refractivity contribution in [3.63, 3.8) is 0 Å². The third-order valence-electron chi connectivity index (χ3n) is 10.2. The number of primary amides is 1. The van der Waals surface area contributed by atoms with Gasteiger partial charge in [-0.1, -0.05) is 31.1 Å². The summed E-state index contributed by atoms with van der Waals surface area (Å²) in [4.78, 5) is 74.0. The molecule has 3 heterocycles. The molecule has 3 aliphatic rings. The molecule has 2 aromatic rings. The number of amides is 4. The van der Waals surface area contributed by atoms with Gasteiger partial charge in [0.25, 0.3) is 11.9 Å². The van der Waals surface area contributed by atoms with Gasteiger partial charge in [0.05, 0.1) is 29.1 Å². The van der Waals surface area contributed by atoms with Gasteiger partial charge in [-0.3, -0.25) is 23.7 Å². The third-order valence-corrected chi connectivity index (χ3v) is 11.6. The molecule has 4 amide bonds. The number of ether oxygens (including phenoxy) is 2. The lowest BCUT2D eigenvalue weighted by Gasteiger charge is -2.30. The Morgan fingerprint density at radius 1 is 1.11 bits per heavy atom. The number of para-hydroxylation sites is 1. The number of nitrogens with one attached hydrogen (secondary N) is 2. The van der Waals surface area contributed by atoms with E-state index in [1.807, 2.05) is 26.0 Å². The van der Waals surface area contributed by atoms with E-state index < -0.39 is 69.0 Å². The van der Waals surface area contributed by atoms with Crippen molar-refractivity contribution in [2.45, 2.75) is 116 Å². The van der Waals surface area contributed by atoms with Crippen molar-refractivity contribution in [3.8, 4) is 6.01 Å². The fourth-order valence-electron chi connectivity index (χ4n) is 7.28. The number of ketones is 1. The fourth-order valence-corrected chi connectivity index (χ4v) is 7.90. The smallest absolute Gasteiger partial charge is 0.408 e. The Bertz CT molecular complexity index is 1930. The number of rotatable bonds is 8. The lowest BCUT2D eigenvalue weighted by atomic mass is 9.91. The molecule has 0 bridgehead atoms. The highest BCUT2D eigenvalue weighted by atomic mass is 32.2. The number of nitrogens with two attached hydrogens (primary N) is 1. The van der Waals surface area contributed by atoms with E-state index in [0.29, 0.717) is 30.3 Å². The molecule has 1 aromatic carbocycles. The maximum atomic E-state index is 14.5. The van der Waals surface area contributed by atoms with Crippen molar-refractivity contribution in [1.29, 1.82) is 0 Å². The molecule has 4 N–H and O–H groups in total. The summed E-state index contributed by atoms with van der Waals surface area (Å²) < 4.78 is 42.2. The Hall–Kier alpha value is -4.51. The molecule has 0 unspecified atom stereocenters. The minimum Gasteiger partial charge on any atom is -0.459 e. The summed E-state index contributed by atoms with van der Waals surface area (Å²) in [5.74, 6) is -2.77. The molecule has 17 heteroatoms. The van der Waals surface area contributed by atoms with E-state index in [2.05, 4.69) is 15.0 Å². The van der Waals surface area contributed by atoms with Gasteiger partial charge in [-0.25, -0.2) is 9.52 Å². The Kier molecular flexibility index (Phi) is 11.8.